The zero-order valence-corrected chi connectivity index (χ0v) is 11.7. The lowest BCUT2D eigenvalue weighted by Gasteiger charge is -2.12. The minimum absolute atomic E-state index is 0.111. The molecule has 1 N–H and O–H groups in total. The first-order chi connectivity index (χ1) is 10.1. The highest BCUT2D eigenvalue weighted by Crippen LogP contribution is 2.30. The molecular weight excluding hydrogens is 266 g/mol. The monoisotopic (exact) mass is 281 g/mol. The summed E-state index contributed by atoms with van der Waals surface area (Å²) in [4.78, 5) is 23.3. The number of nitrogens with one attached hydrogen (secondary N) is 1. The Morgan fingerprint density at radius 3 is 2.71 bits per heavy atom. The second-order valence-corrected chi connectivity index (χ2v) is 4.49. The maximum Gasteiger partial charge on any atom is 0.258 e. The van der Waals surface area contributed by atoms with Gasteiger partial charge in [-0.1, -0.05) is 36.3 Å². The summed E-state index contributed by atoms with van der Waals surface area (Å²) >= 11 is 0. The van der Waals surface area contributed by atoms with Gasteiger partial charge in [-0.25, -0.2) is 0 Å². The summed E-state index contributed by atoms with van der Waals surface area (Å²) in [6.45, 7) is 1.43. The molecule has 0 bridgehead atoms. The van der Waals surface area contributed by atoms with E-state index in [0.717, 1.165) is 10.8 Å². The Kier molecular flexibility index (Phi) is 4.57. The number of hydrogen-bond acceptors (Lipinski definition) is 3. The molecule has 106 valence electrons. The highest BCUT2D eigenvalue weighted by atomic mass is 16.5. The van der Waals surface area contributed by atoms with E-state index in [-0.39, 0.29) is 24.8 Å². The van der Waals surface area contributed by atoms with Crippen molar-refractivity contribution < 1.29 is 14.3 Å². The molecule has 21 heavy (non-hydrogen) atoms. The van der Waals surface area contributed by atoms with Crippen LogP contribution in [0.25, 0.3) is 10.8 Å². The molecule has 0 aliphatic carbocycles. The molecule has 4 nitrogen and oxygen atoms in total. The van der Waals surface area contributed by atoms with E-state index in [1.807, 2.05) is 30.3 Å². The molecule has 4 heteroatoms. The van der Waals surface area contributed by atoms with Gasteiger partial charge in [-0.15, -0.1) is 6.42 Å². The molecule has 2 rings (SSSR count). The number of hydrogen-bond donors (Lipinski definition) is 1. The first-order valence-corrected chi connectivity index (χ1v) is 6.49. The van der Waals surface area contributed by atoms with Crippen molar-refractivity contribution in [2.24, 2.45) is 0 Å². The third-order valence-corrected chi connectivity index (χ3v) is 2.99. The predicted molar refractivity (Wildman–Crippen MR) is 81.3 cm³/mol. The summed E-state index contributed by atoms with van der Waals surface area (Å²) in [6, 6.07) is 11.1. The molecule has 0 saturated carbocycles. The number of Topliss-reactive ketones (excluding diaryl/α,β-unsaturated/α-hetero) is 1. The summed E-state index contributed by atoms with van der Waals surface area (Å²) in [5.74, 6) is 2.31. The number of ketones is 1. The molecule has 2 aromatic carbocycles. The van der Waals surface area contributed by atoms with Gasteiger partial charge >= 0.3 is 0 Å². The van der Waals surface area contributed by atoms with Crippen molar-refractivity contribution in [1.29, 1.82) is 0 Å². The molecule has 0 aliphatic rings. The molecule has 0 radical (unpaired) electrons. The zero-order chi connectivity index (χ0) is 15.2. The van der Waals surface area contributed by atoms with Crippen LogP contribution in [0.3, 0.4) is 0 Å². The van der Waals surface area contributed by atoms with Crippen LogP contribution in [0, 0.1) is 12.3 Å². The molecule has 0 unspecified atom stereocenters. The van der Waals surface area contributed by atoms with Gasteiger partial charge in [0, 0.05) is 5.39 Å². The number of fused-ring (bicyclic) bond motifs is 1. The minimum Gasteiger partial charge on any atom is -0.482 e. The molecule has 0 atom stereocenters. The highest BCUT2D eigenvalue weighted by molar-refractivity contribution is 6.03. The van der Waals surface area contributed by atoms with E-state index in [0.29, 0.717) is 11.3 Å². The van der Waals surface area contributed by atoms with E-state index in [1.54, 1.807) is 6.07 Å². The Morgan fingerprint density at radius 2 is 2.00 bits per heavy atom. The third-order valence-electron chi connectivity index (χ3n) is 2.99. The number of ether oxygens (including phenoxy) is 1. The molecule has 0 aromatic heterocycles. The zero-order valence-electron chi connectivity index (χ0n) is 11.7. The van der Waals surface area contributed by atoms with Crippen LogP contribution in [-0.2, 0) is 4.79 Å². The maximum absolute atomic E-state index is 11.7. The SMILES string of the molecule is C#CCNC(=O)COc1c(C(C)=O)ccc2ccccc12. The number of amides is 1. The van der Waals surface area contributed by atoms with Crippen LogP contribution in [0.2, 0.25) is 0 Å². The topological polar surface area (TPSA) is 55.4 Å². The van der Waals surface area contributed by atoms with Gasteiger partial charge in [0.1, 0.15) is 5.75 Å². The summed E-state index contributed by atoms with van der Waals surface area (Å²) in [6.07, 6.45) is 5.07. The molecule has 0 heterocycles. The molecule has 1 amide bonds. The van der Waals surface area contributed by atoms with Crippen LogP contribution in [0.5, 0.6) is 5.75 Å². The summed E-state index contributed by atoms with van der Waals surface area (Å²) in [5, 5.41) is 4.26. The van der Waals surface area contributed by atoms with Gasteiger partial charge in [0.15, 0.2) is 12.4 Å². The minimum atomic E-state index is -0.324. The largest absolute Gasteiger partial charge is 0.482 e. The van der Waals surface area contributed by atoms with E-state index in [2.05, 4.69) is 11.2 Å². The van der Waals surface area contributed by atoms with Crippen molar-refractivity contribution in [2.45, 2.75) is 6.92 Å². The fourth-order valence-electron chi connectivity index (χ4n) is 2.01. The van der Waals surface area contributed by atoms with Gasteiger partial charge in [0.2, 0.25) is 0 Å². The molecule has 0 fully saturated rings. The lowest BCUT2D eigenvalue weighted by Crippen LogP contribution is -2.29. The van der Waals surface area contributed by atoms with Crippen molar-refractivity contribution in [3.63, 3.8) is 0 Å². The normalized spacial score (nSPS) is 9.90. The number of carbonyl (C=O) groups excluding carboxylic acids is 2. The smallest absolute Gasteiger partial charge is 0.258 e. The van der Waals surface area contributed by atoms with Crippen LogP contribution in [0.1, 0.15) is 17.3 Å². The summed E-state index contributed by atoms with van der Waals surface area (Å²) in [7, 11) is 0. The van der Waals surface area contributed by atoms with Gasteiger partial charge in [-0.05, 0) is 18.4 Å². The van der Waals surface area contributed by atoms with E-state index in [4.69, 9.17) is 11.2 Å². The fraction of sp³-hybridized carbons (Fsp3) is 0.176. The third kappa shape index (κ3) is 3.40. The first kappa shape index (κ1) is 14.6. The number of terminal acetylenes is 1. The van der Waals surface area contributed by atoms with Crippen LogP contribution in [0.15, 0.2) is 36.4 Å². The second-order valence-electron chi connectivity index (χ2n) is 4.49. The average Bonchev–Trinajstić information content (AvgIpc) is 2.50. The first-order valence-electron chi connectivity index (χ1n) is 6.49. The Labute approximate surface area is 123 Å². The maximum atomic E-state index is 11.7. The number of carbonyl (C=O) groups is 2. The Bertz CT molecular complexity index is 728. The van der Waals surface area contributed by atoms with Gasteiger partial charge in [-0.2, -0.15) is 0 Å². The lowest BCUT2D eigenvalue weighted by molar-refractivity contribution is -0.122. The van der Waals surface area contributed by atoms with Gasteiger partial charge in [0.25, 0.3) is 5.91 Å². The van der Waals surface area contributed by atoms with Gasteiger partial charge in [-0.3, -0.25) is 9.59 Å². The van der Waals surface area contributed by atoms with E-state index >= 15 is 0 Å². The predicted octanol–water partition coefficient (Wildman–Crippen LogP) is 2.17. The van der Waals surface area contributed by atoms with Crippen LogP contribution >= 0.6 is 0 Å². The van der Waals surface area contributed by atoms with E-state index in [1.165, 1.54) is 6.92 Å². The van der Waals surface area contributed by atoms with Crippen molar-refractivity contribution >= 4 is 22.5 Å². The van der Waals surface area contributed by atoms with Crippen LogP contribution in [-0.4, -0.2) is 24.8 Å². The molecule has 0 aliphatic heterocycles. The van der Waals surface area contributed by atoms with Crippen molar-refractivity contribution in [3.8, 4) is 18.1 Å². The quantitative estimate of drug-likeness (QED) is 0.675. The lowest BCUT2D eigenvalue weighted by atomic mass is 10.0. The summed E-state index contributed by atoms with van der Waals surface area (Å²) < 4.78 is 5.57. The Hall–Kier alpha value is -2.80. The van der Waals surface area contributed by atoms with Crippen molar-refractivity contribution in [1.82, 2.24) is 5.32 Å². The summed E-state index contributed by atoms with van der Waals surface area (Å²) in [5.41, 5.74) is 0.457. The van der Waals surface area contributed by atoms with Crippen LogP contribution in [0.4, 0.5) is 0 Å². The number of benzene rings is 2. The Morgan fingerprint density at radius 1 is 1.24 bits per heavy atom. The van der Waals surface area contributed by atoms with E-state index in [9.17, 15) is 9.59 Å². The highest BCUT2D eigenvalue weighted by Gasteiger charge is 2.13. The average molecular weight is 281 g/mol. The van der Waals surface area contributed by atoms with Crippen molar-refractivity contribution in [2.75, 3.05) is 13.2 Å². The van der Waals surface area contributed by atoms with Gasteiger partial charge < -0.3 is 10.1 Å². The molecule has 0 spiro atoms. The second kappa shape index (κ2) is 6.58. The molecular formula is C17H15NO3. The van der Waals surface area contributed by atoms with Crippen molar-refractivity contribution in [3.05, 3.63) is 42.0 Å². The van der Waals surface area contributed by atoms with E-state index < -0.39 is 0 Å². The fourth-order valence-corrected chi connectivity index (χ4v) is 2.01. The Balaban J connectivity index is 2.32. The standard InChI is InChI=1S/C17H15NO3/c1-3-10-18-16(20)11-21-17-14(12(2)19)9-8-13-6-4-5-7-15(13)17/h1,4-9H,10-11H2,2H3,(H,18,20). The van der Waals surface area contributed by atoms with Gasteiger partial charge in [0.05, 0.1) is 12.1 Å². The van der Waals surface area contributed by atoms with Crippen LogP contribution < -0.4 is 10.1 Å². The molecule has 0 saturated heterocycles. The number of rotatable bonds is 5. The molecule has 2 aromatic rings.